The average molecular weight is 326 g/mol. The van der Waals surface area contributed by atoms with Crippen molar-refractivity contribution >= 4 is 23.2 Å². The predicted molar refractivity (Wildman–Crippen MR) is 91.1 cm³/mol. The molecule has 2 aliphatic carbocycles. The lowest BCUT2D eigenvalue weighted by Gasteiger charge is -2.28. The fourth-order valence-electron chi connectivity index (χ4n) is 4.39. The Labute approximate surface area is 138 Å². The minimum absolute atomic E-state index is 0.348. The lowest BCUT2D eigenvalue weighted by atomic mass is 9.82. The standard InChI is InChI=1S/C18H25Cl2N/c1-2-7-21-18(16-11-15(19)5-6-17(16)20)10-14-9-12-3-4-13(14)8-12/h5-6,11-14,18,21H,2-4,7-10H2,1H3. The Hall–Kier alpha value is -0.240. The van der Waals surface area contributed by atoms with Gasteiger partial charge >= 0.3 is 0 Å². The van der Waals surface area contributed by atoms with Crippen LogP contribution in [0.5, 0.6) is 0 Å². The molecule has 4 atom stereocenters. The molecule has 2 fully saturated rings. The minimum atomic E-state index is 0.348. The Kier molecular flexibility index (Phi) is 5.14. The van der Waals surface area contributed by atoms with Crippen molar-refractivity contribution in [1.29, 1.82) is 0 Å². The highest BCUT2D eigenvalue weighted by atomic mass is 35.5. The second-order valence-electron chi connectivity index (χ2n) is 6.84. The van der Waals surface area contributed by atoms with Gasteiger partial charge < -0.3 is 5.32 Å². The zero-order valence-corrected chi connectivity index (χ0v) is 14.3. The van der Waals surface area contributed by atoms with E-state index in [1.54, 1.807) is 0 Å². The van der Waals surface area contributed by atoms with E-state index in [9.17, 15) is 0 Å². The van der Waals surface area contributed by atoms with Gasteiger partial charge in [-0.2, -0.15) is 0 Å². The van der Waals surface area contributed by atoms with Gasteiger partial charge in [0.25, 0.3) is 0 Å². The van der Waals surface area contributed by atoms with Crippen LogP contribution in [0.15, 0.2) is 18.2 Å². The molecule has 1 nitrogen and oxygen atoms in total. The van der Waals surface area contributed by atoms with Crippen molar-refractivity contribution in [3.8, 4) is 0 Å². The Morgan fingerprint density at radius 1 is 1.24 bits per heavy atom. The molecule has 0 radical (unpaired) electrons. The van der Waals surface area contributed by atoms with Crippen molar-refractivity contribution in [2.45, 2.75) is 51.5 Å². The molecule has 1 aromatic carbocycles. The molecule has 0 amide bonds. The molecule has 1 aromatic rings. The molecular weight excluding hydrogens is 301 g/mol. The van der Waals surface area contributed by atoms with Gasteiger partial charge in [-0.25, -0.2) is 0 Å². The molecule has 0 aromatic heterocycles. The van der Waals surface area contributed by atoms with Crippen LogP contribution >= 0.6 is 23.2 Å². The summed E-state index contributed by atoms with van der Waals surface area (Å²) in [6.45, 7) is 3.25. The van der Waals surface area contributed by atoms with Gasteiger partial charge in [0.05, 0.1) is 0 Å². The van der Waals surface area contributed by atoms with Crippen LogP contribution in [-0.4, -0.2) is 6.54 Å². The van der Waals surface area contributed by atoms with E-state index in [4.69, 9.17) is 23.2 Å². The van der Waals surface area contributed by atoms with Crippen LogP contribution in [0.3, 0.4) is 0 Å². The van der Waals surface area contributed by atoms with Crippen LogP contribution < -0.4 is 5.32 Å². The Bertz CT molecular complexity index is 488. The largest absolute Gasteiger partial charge is 0.310 e. The summed E-state index contributed by atoms with van der Waals surface area (Å²) in [7, 11) is 0. The highest BCUT2D eigenvalue weighted by molar-refractivity contribution is 6.33. The van der Waals surface area contributed by atoms with Crippen LogP contribution in [0.2, 0.25) is 10.0 Å². The summed E-state index contributed by atoms with van der Waals surface area (Å²) in [6, 6.07) is 6.20. The Morgan fingerprint density at radius 2 is 2.10 bits per heavy atom. The first-order valence-corrected chi connectivity index (χ1v) is 9.11. The number of benzene rings is 1. The van der Waals surface area contributed by atoms with Gasteiger partial charge in [-0.1, -0.05) is 36.5 Å². The summed E-state index contributed by atoms with van der Waals surface area (Å²) in [5, 5.41) is 5.32. The molecule has 2 aliphatic rings. The molecule has 0 heterocycles. The molecule has 2 bridgehead atoms. The van der Waals surface area contributed by atoms with E-state index >= 15 is 0 Å². The normalized spacial score (nSPS) is 29.0. The van der Waals surface area contributed by atoms with Crippen molar-refractivity contribution in [2.24, 2.45) is 17.8 Å². The zero-order valence-electron chi connectivity index (χ0n) is 12.7. The third-order valence-corrected chi connectivity index (χ3v) is 5.98. The van der Waals surface area contributed by atoms with Crippen LogP contribution in [-0.2, 0) is 0 Å². The number of rotatable bonds is 6. The SMILES string of the molecule is CCCNC(CC1CC2CCC1C2)c1cc(Cl)ccc1Cl. The molecule has 0 saturated heterocycles. The second-order valence-corrected chi connectivity index (χ2v) is 7.69. The fourth-order valence-corrected chi connectivity index (χ4v) is 4.82. The van der Waals surface area contributed by atoms with Crippen LogP contribution in [0, 0.1) is 17.8 Å². The topological polar surface area (TPSA) is 12.0 Å². The number of nitrogens with one attached hydrogen (secondary N) is 1. The van der Waals surface area contributed by atoms with E-state index in [0.717, 1.165) is 40.8 Å². The van der Waals surface area contributed by atoms with E-state index < -0.39 is 0 Å². The van der Waals surface area contributed by atoms with Crippen LogP contribution in [0.4, 0.5) is 0 Å². The second kappa shape index (κ2) is 6.89. The Morgan fingerprint density at radius 3 is 2.76 bits per heavy atom. The van der Waals surface area contributed by atoms with E-state index in [2.05, 4.69) is 12.2 Å². The van der Waals surface area contributed by atoms with Gasteiger partial charge in [0.15, 0.2) is 0 Å². The zero-order chi connectivity index (χ0) is 14.8. The Balaban J connectivity index is 1.75. The predicted octanol–water partition coefficient (Wildman–Crippen LogP) is 5.86. The van der Waals surface area contributed by atoms with Gasteiger partial charge in [0.1, 0.15) is 0 Å². The summed E-state index contributed by atoms with van der Waals surface area (Å²) in [4.78, 5) is 0. The first-order valence-electron chi connectivity index (χ1n) is 8.35. The summed E-state index contributed by atoms with van der Waals surface area (Å²) in [5.41, 5.74) is 1.18. The summed E-state index contributed by atoms with van der Waals surface area (Å²) in [5.74, 6) is 2.83. The van der Waals surface area contributed by atoms with Gasteiger partial charge in [-0.05, 0) is 80.2 Å². The van der Waals surface area contributed by atoms with Gasteiger partial charge in [-0.3, -0.25) is 0 Å². The summed E-state index contributed by atoms with van der Waals surface area (Å²) >= 11 is 12.6. The van der Waals surface area contributed by atoms with Crippen molar-refractivity contribution in [1.82, 2.24) is 5.32 Å². The number of halogens is 2. The third kappa shape index (κ3) is 3.57. The smallest absolute Gasteiger partial charge is 0.0454 e. The molecule has 116 valence electrons. The van der Waals surface area contributed by atoms with Crippen molar-refractivity contribution in [2.75, 3.05) is 6.54 Å². The highest BCUT2D eigenvalue weighted by Gasteiger charge is 2.40. The van der Waals surface area contributed by atoms with E-state index in [1.165, 1.54) is 37.7 Å². The van der Waals surface area contributed by atoms with Gasteiger partial charge in [0, 0.05) is 16.1 Å². The number of hydrogen-bond acceptors (Lipinski definition) is 1. The monoisotopic (exact) mass is 325 g/mol. The van der Waals surface area contributed by atoms with Crippen molar-refractivity contribution < 1.29 is 0 Å². The summed E-state index contributed by atoms with van der Waals surface area (Å²) < 4.78 is 0. The highest BCUT2D eigenvalue weighted by Crippen LogP contribution is 2.51. The molecule has 4 unspecified atom stereocenters. The molecule has 1 N–H and O–H groups in total. The van der Waals surface area contributed by atoms with Gasteiger partial charge in [-0.15, -0.1) is 0 Å². The fraction of sp³-hybridized carbons (Fsp3) is 0.667. The third-order valence-electron chi connectivity index (χ3n) is 5.40. The molecule has 21 heavy (non-hydrogen) atoms. The van der Waals surface area contributed by atoms with E-state index in [1.807, 2.05) is 18.2 Å². The van der Waals surface area contributed by atoms with E-state index in [0.29, 0.717) is 6.04 Å². The first-order chi connectivity index (χ1) is 10.2. The molecule has 3 rings (SSSR count). The maximum Gasteiger partial charge on any atom is 0.0454 e. The molecule has 3 heteroatoms. The van der Waals surface area contributed by atoms with Crippen molar-refractivity contribution in [3.63, 3.8) is 0 Å². The van der Waals surface area contributed by atoms with Crippen LogP contribution in [0.1, 0.15) is 57.1 Å². The van der Waals surface area contributed by atoms with Gasteiger partial charge in [0.2, 0.25) is 0 Å². The van der Waals surface area contributed by atoms with E-state index in [-0.39, 0.29) is 0 Å². The number of hydrogen-bond donors (Lipinski definition) is 1. The minimum Gasteiger partial charge on any atom is -0.310 e. The molecular formula is C18H25Cl2N. The lowest BCUT2D eigenvalue weighted by molar-refractivity contribution is 0.279. The summed E-state index contributed by atoms with van der Waals surface area (Å²) in [6.07, 6.45) is 8.15. The first kappa shape index (κ1) is 15.6. The maximum absolute atomic E-state index is 6.44. The van der Waals surface area contributed by atoms with Crippen molar-refractivity contribution in [3.05, 3.63) is 33.8 Å². The van der Waals surface area contributed by atoms with Crippen LogP contribution in [0.25, 0.3) is 0 Å². The lowest BCUT2D eigenvalue weighted by Crippen LogP contribution is -2.26. The number of fused-ring (bicyclic) bond motifs is 2. The molecule has 0 aliphatic heterocycles. The molecule has 2 saturated carbocycles. The maximum atomic E-state index is 6.44. The molecule has 0 spiro atoms. The quantitative estimate of drug-likeness (QED) is 0.690. The average Bonchev–Trinajstić information content (AvgIpc) is 3.08.